The van der Waals surface area contributed by atoms with Crippen LogP contribution in [0.2, 0.25) is 0 Å². The van der Waals surface area contributed by atoms with Crippen molar-refractivity contribution in [3.05, 3.63) is 11.6 Å². The van der Waals surface area contributed by atoms with Crippen LogP contribution in [0.3, 0.4) is 0 Å². The van der Waals surface area contributed by atoms with Gasteiger partial charge in [0.05, 0.1) is 17.7 Å². The predicted molar refractivity (Wildman–Crippen MR) is 34.9 cm³/mol. The van der Waals surface area contributed by atoms with Crippen molar-refractivity contribution in [2.24, 2.45) is 0 Å². The average Bonchev–Trinajstić information content (AvgIpc) is 1.95. The van der Waals surface area contributed by atoms with Gasteiger partial charge in [-0.25, -0.2) is 0 Å². The van der Waals surface area contributed by atoms with Gasteiger partial charge in [-0.15, -0.1) is 0 Å². The third kappa shape index (κ3) is 1.18. The largest absolute Gasteiger partial charge is 0.390 e. The molecule has 0 fully saturated rings. The molecule has 0 bridgehead atoms. The molecule has 2 N–H and O–H groups in total. The van der Waals surface area contributed by atoms with Gasteiger partial charge in [-0.2, -0.15) is 5.26 Å². The van der Waals surface area contributed by atoms with E-state index in [0.717, 1.165) is 0 Å². The molecule has 54 valence electrons. The summed E-state index contributed by atoms with van der Waals surface area (Å²) >= 11 is 0. The van der Waals surface area contributed by atoms with E-state index in [4.69, 9.17) is 15.5 Å². The third-order valence-corrected chi connectivity index (χ3v) is 1.64. The number of rotatable bonds is 0. The van der Waals surface area contributed by atoms with Crippen LogP contribution in [0.15, 0.2) is 11.6 Å². The summed E-state index contributed by atoms with van der Waals surface area (Å²) in [7, 11) is 0. The summed E-state index contributed by atoms with van der Waals surface area (Å²) in [6, 6.07) is 1.84. The second-order valence-electron chi connectivity index (χ2n) is 2.36. The standard InChI is InChI=1S/C7H9NO2/c8-4-5-2-1-3-6(9)7(5)10/h2,6-7,9-10H,1,3H2/t6-,7+/m0/s1. The summed E-state index contributed by atoms with van der Waals surface area (Å²) in [6.07, 6.45) is 1.18. The number of allylic oxidation sites excluding steroid dienone is 1. The molecule has 0 saturated heterocycles. The summed E-state index contributed by atoms with van der Waals surface area (Å²) in [5.41, 5.74) is 0.291. The number of hydrogen-bond donors (Lipinski definition) is 2. The van der Waals surface area contributed by atoms with Gasteiger partial charge in [-0.3, -0.25) is 0 Å². The first kappa shape index (κ1) is 7.26. The Balaban J connectivity index is 2.74. The SMILES string of the molecule is N#CC1=CCC[C@H](O)[C@@H]1O. The van der Waals surface area contributed by atoms with Crippen molar-refractivity contribution < 1.29 is 10.2 Å². The van der Waals surface area contributed by atoms with E-state index in [1.54, 1.807) is 6.08 Å². The molecule has 0 amide bonds. The molecule has 0 heterocycles. The maximum atomic E-state index is 9.10. The second-order valence-corrected chi connectivity index (χ2v) is 2.36. The number of nitriles is 1. The predicted octanol–water partition coefficient (Wildman–Crippen LogP) is -0.0480. The third-order valence-electron chi connectivity index (χ3n) is 1.64. The molecule has 3 nitrogen and oxygen atoms in total. The van der Waals surface area contributed by atoms with Gasteiger partial charge in [0, 0.05) is 0 Å². The van der Waals surface area contributed by atoms with E-state index in [1.807, 2.05) is 6.07 Å². The maximum absolute atomic E-state index is 9.10. The normalized spacial score (nSPS) is 32.7. The Morgan fingerprint density at radius 3 is 2.80 bits per heavy atom. The second kappa shape index (κ2) is 2.82. The van der Waals surface area contributed by atoms with Crippen molar-refractivity contribution in [3.8, 4) is 6.07 Å². The molecule has 0 aliphatic heterocycles. The maximum Gasteiger partial charge on any atom is 0.114 e. The fourth-order valence-corrected chi connectivity index (χ4v) is 1.01. The fraction of sp³-hybridized carbons (Fsp3) is 0.571. The lowest BCUT2D eigenvalue weighted by Gasteiger charge is -2.20. The molecule has 0 aromatic carbocycles. The Morgan fingerprint density at radius 2 is 2.30 bits per heavy atom. The van der Waals surface area contributed by atoms with Crippen LogP contribution < -0.4 is 0 Å². The molecule has 1 aliphatic rings. The van der Waals surface area contributed by atoms with Crippen molar-refractivity contribution >= 4 is 0 Å². The highest BCUT2D eigenvalue weighted by molar-refractivity contribution is 5.28. The minimum atomic E-state index is -0.959. The van der Waals surface area contributed by atoms with Gasteiger partial charge in [0.1, 0.15) is 6.10 Å². The summed E-state index contributed by atoms with van der Waals surface area (Å²) < 4.78 is 0. The van der Waals surface area contributed by atoms with Crippen LogP contribution >= 0.6 is 0 Å². The molecule has 0 saturated carbocycles. The van der Waals surface area contributed by atoms with Crippen molar-refractivity contribution in [3.63, 3.8) is 0 Å². The lowest BCUT2D eigenvalue weighted by atomic mass is 9.95. The highest BCUT2D eigenvalue weighted by atomic mass is 16.3. The van der Waals surface area contributed by atoms with Crippen LogP contribution in [0, 0.1) is 11.3 Å². The quantitative estimate of drug-likeness (QED) is 0.494. The van der Waals surface area contributed by atoms with Crippen molar-refractivity contribution in [1.82, 2.24) is 0 Å². The molecule has 1 aliphatic carbocycles. The molecule has 3 heteroatoms. The molecule has 0 aromatic heterocycles. The zero-order valence-electron chi connectivity index (χ0n) is 5.49. The number of nitrogens with zero attached hydrogens (tertiary/aromatic N) is 1. The smallest absolute Gasteiger partial charge is 0.114 e. The Hall–Kier alpha value is -0.850. The van der Waals surface area contributed by atoms with Gasteiger partial charge in [-0.05, 0) is 12.8 Å². The molecular formula is C7H9NO2. The van der Waals surface area contributed by atoms with Gasteiger partial charge in [0.2, 0.25) is 0 Å². The monoisotopic (exact) mass is 139 g/mol. The topological polar surface area (TPSA) is 64.2 Å². The number of hydrogen-bond acceptors (Lipinski definition) is 3. The van der Waals surface area contributed by atoms with Gasteiger partial charge < -0.3 is 10.2 Å². The summed E-state index contributed by atoms with van der Waals surface area (Å²) in [5, 5.41) is 26.5. The highest BCUT2D eigenvalue weighted by Gasteiger charge is 2.23. The average molecular weight is 139 g/mol. The first-order valence-electron chi connectivity index (χ1n) is 3.22. The molecule has 2 atom stereocenters. The molecular weight excluding hydrogens is 130 g/mol. The molecule has 0 aromatic rings. The van der Waals surface area contributed by atoms with Crippen LogP contribution in [0.5, 0.6) is 0 Å². The molecule has 0 unspecified atom stereocenters. The first-order chi connectivity index (χ1) is 4.75. The van der Waals surface area contributed by atoms with E-state index < -0.39 is 12.2 Å². The van der Waals surface area contributed by atoms with E-state index in [1.165, 1.54) is 0 Å². The first-order valence-corrected chi connectivity index (χ1v) is 3.22. The highest BCUT2D eigenvalue weighted by Crippen LogP contribution is 2.17. The van der Waals surface area contributed by atoms with Crippen molar-refractivity contribution in [1.29, 1.82) is 5.26 Å². The van der Waals surface area contributed by atoms with Gasteiger partial charge >= 0.3 is 0 Å². The summed E-state index contributed by atoms with van der Waals surface area (Å²) in [5.74, 6) is 0. The van der Waals surface area contributed by atoms with Crippen LogP contribution in [0.4, 0.5) is 0 Å². The van der Waals surface area contributed by atoms with E-state index >= 15 is 0 Å². The minimum Gasteiger partial charge on any atom is -0.390 e. The van der Waals surface area contributed by atoms with E-state index in [2.05, 4.69) is 0 Å². The number of aliphatic hydroxyl groups is 2. The molecule has 1 rings (SSSR count). The van der Waals surface area contributed by atoms with Crippen LogP contribution in [0.1, 0.15) is 12.8 Å². The zero-order valence-corrected chi connectivity index (χ0v) is 5.49. The Morgan fingerprint density at radius 1 is 1.60 bits per heavy atom. The Bertz CT molecular complexity index is 192. The van der Waals surface area contributed by atoms with Crippen molar-refractivity contribution in [2.45, 2.75) is 25.0 Å². The molecule has 0 spiro atoms. The van der Waals surface area contributed by atoms with E-state index in [0.29, 0.717) is 18.4 Å². The van der Waals surface area contributed by atoms with Crippen LogP contribution in [0.25, 0.3) is 0 Å². The van der Waals surface area contributed by atoms with Crippen LogP contribution in [-0.4, -0.2) is 22.4 Å². The lowest BCUT2D eigenvalue weighted by molar-refractivity contribution is 0.0341. The fourth-order valence-electron chi connectivity index (χ4n) is 1.01. The lowest BCUT2D eigenvalue weighted by Crippen LogP contribution is -2.29. The van der Waals surface area contributed by atoms with Crippen LogP contribution in [-0.2, 0) is 0 Å². The Labute approximate surface area is 59.2 Å². The van der Waals surface area contributed by atoms with Gasteiger partial charge in [0.15, 0.2) is 0 Å². The molecule has 10 heavy (non-hydrogen) atoms. The molecule has 0 radical (unpaired) electrons. The number of aliphatic hydroxyl groups excluding tert-OH is 2. The zero-order chi connectivity index (χ0) is 7.56. The summed E-state index contributed by atoms with van der Waals surface area (Å²) in [4.78, 5) is 0. The van der Waals surface area contributed by atoms with Gasteiger partial charge in [-0.1, -0.05) is 6.08 Å². The van der Waals surface area contributed by atoms with E-state index in [9.17, 15) is 0 Å². The minimum absolute atomic E-state index is 0.291. The summed E-state index contributed by atoms with van der Waals surface area (Å²) in [6.45, 7) is 0. The van der Waals surface area contributed by atoms with Gasteiger partial charge in [0.25, 0.3) is 0 Å². The van der Waals surface area contributed by atoms with E-state index in [-0.39, 0.29) is 0 Å². The van der Waals surface area contributed by atoms with Crippen molar-refractivity contribution in [2.75, 3.05) is 0 Å². The Kier molecular flexibility index (Phi) is 2.05.